The molecule has 0 aliphatic carbocycles. The van der Waals surface area contributed by atoms with Gasteiger partial charge in [-0.05, 0) is 36.4 Å². The predicted molar refractivity (Wildman–Crippen MR) is 88.9 cm³/mol. The quantitative estimate of drug-likeness (QED) is 0.890. The molecular formula is C15H18ClN5. The van der Waals surface area contributed by atoms with Gasteiger partial charge in [-0.3, -0.25) is 0 Å². The number of hydrogen-bond donors (Lipinski definition) is 2. The molecule has 1 saturated heterocycles. The van der Waals surface area contributed by atoms with Gasteiger partial charge in [-0.25, -0.2) is 4.98 Å². The van der Waals surface area contributed by atoms with E-state index in [2.05, 4.69) is 26.9 Å². The van der Waals surface area contributed by atoms with E-state index in [1.165, 1.54) is 5.69 Å². The molecule has 0 radical (unpaired) electrons. The first-order valence-electron chi connectivity index (χ1n) is 6.91. The van der Waals surface area contributed by atoms with Gasteiger partial charge in [-0.2, -0.15) is 0 Å². The summed E-state index contributed by atoms with van der Waals surface area (Å²) in [6.07, 6.45) is 0. The maximum absolute atomic E-state index is 5.92. The third-order valence-electron chi connectivity index (χ3n) is 3.74. The number of aromatic nitrogens is 1. The third kappa shape index (κ3) is 2.97. The minimum absolute atomic E-state index is 0.396. The van der Waals surface area contributed by atoms with Gasteiger partial charge in [0.15, 0.2) is 0 Å². The van der Waals surface area contributed by atoms with Gasteiger partial charge >= 0.3 is 0 Å². The zero-order chi connectivity index (χ0) is 14.8. The first-order chi connectivity index (χ1) is 10.1. The monoisotopic (exact) mass is 303 g/mol. The first-order valence-corrected chi connectivity index (χ1v) is 7.29. The lowest BCUT2D eigenvalue weighted by Crippen LogP contribution is -2.46. The van der Waals surface area contributed by atoms with E-state index < -0.39 is 0 Å². The number of rotatable bonds is 2. The molecule has 1 aromatic heterocycles. The van der Waals surface area contributed by atoms with Crippen molar-refractivity contribution in [1.82, 2.24) is 4.98 Å². The van der Waals surface area contributed by atoms with E-state index in [4.69, 9.17) is 23.1 Å². The zero-order valence-corrected chi connectivity index (χ0v) is 12.4. The van der Waals surface area contributed by atoms with Crippen LogP contribution in [0.15, 0.2) is 36.4 Å². The highest BCUT2D eigenvalue weighted by Gasteiger charge is 2.18. The van der Waals surface area contributed by atoms with Gasteiger partial charge in [0, 0.05) is 36.9 Å². The second kappa shape index (κ2) is 5.69. The fraction of sp³-hybridized carbons (Fsp3) is 0.267. The summed E-state index contributed by atoms with van der Waals surface area (Å²) in [5.41, 5.74) is 13.2. The van der Waals surface area contributed by atoms with Crippen molar-refractivity contribution >= 4 is 34.6 Å². The molecule has 2 heterocycles. The second-order valence-corrected chi connectivity index (χ2v) is 5.53. The van der Waals surface area contributed by atoms with Crippen molar-refractivity contribution in [3.8, 4) is 0 Å². The lowest BCUT2D eigenvalue weighted by atomic mass is 10.2. The highest BCUT2D eigenvalue weighted by Crippen LogP contribution is 2.23. The average Bonchev–Trinajstić information content (AvgIpc) is 2.51. The third-order valence-corrected chi connectivity index (χ3v) is 3.99. The van der Waals surface area contributed by atoms with E-state index in [-0.39, 0.29) is 0 Å². The normalized spacial score (nSPS) is 15.3. The van der Waals surface area contributed by atoms with Crippen LogP contribution >= 0.6 is 11.6 Å². The van der Waals surface area contributed by atoms with Crippen molar-refractivity contribution < 1.29 is 0 Å². The molecule has 0 bridgehead atoms. The molecule has 0 atom stereocenters. The summed E-state index contributed by atoms with van der Waals surface area (Å²) in [6, 6.07) is 11.7. The van der Waals surface area contributed by atoms with Crippen molar-refractivity contribution in [3.63, 3.8) is 0 Å². The average molecular weight is 304 g/mol. The Morgan fingerprint density at radius 3 is 2.10 bits per heavy atom. The topological polar surface area (TPSA) is 71.4 Å². The van der Waals surface area contributed by atoms with Crippen LogP contribution in [-0.2, 0) is 0 Å². The maximum atomic E-state index is 5.92. The van der Waals surface area contributed by atoms with Gasteiger partial charge in [-0.15, -0.1) is 0 Å². The number of benzene rings is 1. The van der Waals surface area contributed by atoms with Crippen molar-refractivity contribution in [2.75, 3.05) is 47.4 Å². The van der Waals surface area contributed by atoms with Gasteiger partial charge in [0.05, 0.1) is 5.69 Å². The molecular weight excluding hydrogens is 286 g/mol. The van der Waals surface area contributed by atoms with Crippen LogP contribution in [0.3, 0.4) is 0 Å². The number of piperazine rings is 1. The number of nitrogens with zero attached hydrogens (tertiary/aromatic N) is 3. The molecule has 5 nitrogen and oxygen atoms in total. The Balaban J connectivity index is 1.67. The molecule has 0 unspecified atom stereocenters. The van der Waals surface area contributed by atoms with E-state index in [0.29, 0.717) is 11.5 Å². The lowest BCUT2D eigenvalue weighted by Gasteiger charge is -2.36. The smallest absolute Gasteiger partial charge is 0.149 e. The van der Waals surface area contributed by atoms with Crippen molar-refractivity contribution in [2.45, 2.75) is 0 Å². The highest BCUT2D eigenvalue weighted by molar-refractivity contribution is 6.30. The summed E-state index contributed by atoms with van der Waals surface area (Å²) in [6.45, 7) is 3.68. The van der Waals surface area contributed by atoms with E-state index >= 15 is 0 Å². The molecule has 1 aliphatic heterocycles. The Morgan fingerprint density at radius 1 is 0.857 bits per heavy atom. The van der Waals surface area contributed by atoms with E-state index in [9.17, 15) is 0 Å². The van der Waals surface area contributed by atoms with Crippen LogP contribution < -0.4 is 21.3 Å². The SMILES string of the molecule is Nc1ccc(N2CCN(c3ccc(Cl)cc3)CC2)nc1N. The van der Waals surface area contributed by atoms with Gasteiger partial charge in [0.2, 0.25) is 0 Å². The Hall–Kier alpha value is -2.14. The van der Waals surface area contributed by atoms with Crippen molar-refractivity contribution in [3.05, 3.63) is 41.4 Å². The second-order valence-electron chi connectivity index (χ2n) is 5.09. The Morgan fingerprint density at radius 2 is 1.48 bits per heavy atom. The molecule has 1 fully saturated rings. The number of anilines is 4. The minimum Gasteiger partial charge on any atom is -0.396 e. The van der Waals surface area contributed by atoms with Crippen molar-refractivity contribution in [1.29, 1.82) is 0 Å². The van der Waals surface area contributed by atoms with Crippen LogP contribution in [0.5, 0.6) is 0 Å². The number of hydrogen-bond acceptors (Lipinski definition) is 5. The van der Waals surface area contributed by atoms with Crippen LogP contribution in [0.2, 0.25) is 5.02 Å². The van der Waals surface area contributed by atoms with Gasteiger partial charge in [-0.1, -0.05) is 11.6 Å². The van der Waals surface area contributed by atoms with E-state index in [0.717, 1.165) is 37.0 Å². The van der Waals surface area contributed by atoms with E-state index in [1.807, 2.05) is 24.3 Å². The van der Waals surface area contributed by atoms with Gasteiger partial charge in [0.1, 0.15) is 11.6 Å². The Bertz CT molecular complexity index is 620. The molecule has 110 valence electrons. The molecule has 0 amide bonds. The molecule has 0 spiro atoms. The summed E-state index contributed by atoms with van der Waals surface area (Å²) >= 11 is 5.92. The Labute approximate surface area is 129 Å². The van der Waals surface area contributed by atoms with Crippen LogP contribution in [-0.4, -0.2) is 31.2 Å². The fourth-order valence-electron chi connectivity index (χ4n) is 2.50. The van der Waals surface area contributed by atoms with Crippen LogP contribution in [0.25, 0.3) is 0 Å². The van der Waals surface area contributed by atoms with Crippen LogP contribution in [0, 0.1) is 0 Å². The molecule has 6 heteroatoms. The highest BCUT2D eigenvalue weighted by atomic mass is 35.5. The van der Waals surface area contributed by atoms with Gasteiger partial charge < -0.3 is 21.3 Å². The standard InChI is InChI=1S/C15H18ClN5/c16-11-1-3-12(4-2-11)20-7-9-21(10-8-20)14-6-5-13(17)15(18)19-14/h1-6H,7-10,17H2,(H2,18,19). The number of nitrogens with two attached hydrogens (primary N) is 2. The summed E-state index contributed by atoms with van der Waals surface area (Å²) in [5.74, 6) is 1.28. The fourth-order valence-corrected chi connectivity index (χ4v) is 2.62. The molecule has 4 N–H and O–H groups in total. The number of nitrogen functional groups attached to an aromatic ring is 2. The molecule has 3 rings (SSSR count). The first kappa shape index (κ1) is 13.8. The van der Waals surface area contributed by atoms with Crippen molar-refractivity contribution in [2.24, 2.45) is 0 Å². The predicted octanol–water partition coefficient (Wildman–Crippen LogP) is 2.23. The molecule has 1 aromatic carbocycles. The molecule has 21 heavy (non-hydrogen) atoms. The van der Waals surface area contributed by atoms with E-state index in [1.54, 1.807) is 0 Å². The minimum atomic E-state index is 0.396. The van der Waals surface area contributed by atoms with Crippen LogP contribution in [0.4, 0.5) is 23.0 Å². The summed E-state index contributed by atoms with van der Waals surface area (Å²) in [4.78, 5) is 8.91. The molecule has 0 saturated carbocycles. The van der Waals surface area contributed by atoms with Crippen LogP contribution in [0.1, 0.15) is 0 Å². The van der Waals surface area contributed by atoms with Gasteiger partial charge in [0.25, 0.3) is 0 Å². The summed E-state index contributed by atoms with van der Waals surface area (Å²) < 4.78 is 0. The summed E-state index contributed by atoms with van der Waals surface area (Å²) in [7, 11) is 0. The zero-order valence-electron chi connectivity index (χ0n) is 11.7. The lowest BCUT2D eigenvalue weighted by molar-refractivity contribution is 0.648. The summed E-state index contributed by atoms with van der Waals surface area (Å²) in [5, 5.41) is 0.763. The number of pyridine rings is 1. The Kier molecular flexibility index (Phi) is 3.75. The molecule has 1 aliphatic rings. The maximum Gasteiger partial charge on any atom is 0.149 e. The number of halogens is 1. The largest absolute Gasteiger partial charge is 0.396 e. The molecule has 2 aromatic rings.